The van der Waals surface area contributed by atoms with Gasteiger partial charge in [-0.25, -0.2) is 0 Å². The summed E-state index contributed by atoms with van der Waals surface area (Å²) < 4.78 is 11.4. The molecule has 0 N–H and O–H groups in total. The number of methoxy groups -OCH3 is 1. The van der Waals surface area contributed by atoms with E-state index in [9.17, 15) is 0 Å². The summed E-state index contributed by atoms with van der Waals surface area (Å²) in [6, 6.07) is 7.88. The molecule has 0 aliphatic heterocycles. The van der Waals surface area contributed by atoms with E-state index in [1.807, 2.05) is 25.1 Å². The van der Waals surface area contributed by atoms with E-state index in [4.69, 9.17) is 14.7 Å². The van der Waals surface area contributed by atoms with Crippen molar-refractivity contribution in [1.29, 1.82) is 5.26 Å². The normalized spacial score (nSPS) is 23.4. The van der Waals surface area contributed by atoms with Crippen molar-refractivity contribution < 1.29 is 9.47 Å². The number of ether oxygens (including phenoxy) is 2. The molecule has 3 nitrogen and oxygen atoms in total. The predicted octanol–water partition coefficient (Wildman–Crippen LogP) is 3.20. The van der Waals surface area contributed by atoms with Gasteiger partial charge in [-0.3, -0.25) is 0 Å². The van der Waals surface area contributed by atoms with Crippen LogP contribution in [-0.2, 0) is 4.74 Å². The van der Waals surface area contributed by atoms with Crippen molar-refractivity contribution in [2.24, 2.45) is 0 Å². The van der Waals surface area contributed by atoms with Crippen molar-refractivity contribution in [3.8, 4) is 11.8 Å². The van der Waals surface area contributed by atoms with Crippen molar-refractivity contribution in [3.63, 3.8) is 0 Å². The molecule has 0 aromatic heterocycles. The number of benzene rings is 1. The third kappa shape index (κ3) is 3.02. The zero-order valence-electron chi connectivity index (χ0n) is 11.0. The zero-order valence-corrected chi connectivity index (χ0v) is 11.0. The minimum atomic E-state index is 0.164. The number of aryl methyl sites for hydroxylation is 1. The van der Waals surface area contributed by atoms with E-state index < -0.39 is 0 Å². The highest BCUT2D eigenvalue weighted by molar-refractivity contribution is 5.45. The van der Waals surface area contributed by atoms with E-state index in [0.29, 0.717) is 17.4 Å². The lowest BCUT2D eigenvalue weighted by Gasteiger charge is -2.29. The Bertz CT molecular complexity index is 450. The summed E-state index contributed by atoms with van der Waals surface area (Å²) in [5.74, 6) is 0.708. The maximum Gasteiger partial charge on any atom is 0.137 e. The Morgan fingerprint density at radius 1 is 1.28 bits per heavy atom. The molecule has 0 bridgehead atoms. The Morgan fingerprint density at radius 2 is 2.06 bits per heavy atom. The van der Waals surface area contributed by atoms with E-state index in [1.165, 1.54) is 0 Å². The van der Waals surface area contributed by atoms with Gasteiger partial charge in [0.15, 0.2) is 0 Å². The van der Waals surface area contributed by atoms with Crippen LogP contribution in [0.4, 0.5) is 0 Å². The highest BCUT2D eigenvalue weighted by Gasteiger charge is 2.23. The van der Waals surface area contributed by atoms with Gasteiger partial charge in [-0.2, -0.15) is 5.26 Å². The standard InChI is InChI=1S/C15H19NO2/c1-11-6-7-12(10-16)15(8-11)18-14-5-3-4-13(9-14)17-2/h6-8,13-14H,3-5,9H2,1-2H3. The minimum Gasteiger partial charge on any atom is -0.489 e. The Kier molecular flexibility index (Phi) is 4.22. The summed E-state index contributed by atoms with van der Waals surface area (Å²) in [6.45, 7) is 2.01. The van der Waals surface area contributed by atoms with E-state index in [1.54, 1.807) is 7.11 Å². The summed E-state index contributed by atoms with van der Waals surface area (Å²) in [5, 5.41) is 9.08. The molecule has 1 aromatic carbocycles. The molecule has 18 heavy (non-hydrogen) atoms. The number of nitriles is 1. The van der Waals surface area contributed by atoms with Crippen LogP contribution >= 0.6 is 0 Å². The van der Waals surface area contributed by atoms with Crippen LogP contribution in [0.2, 0.25) is 0 Å². The molecular weight excluding hydrogens is 226 g/mol. The van der Waals surface area contributed by atoms with Crippen LogP contribution in [0, 0.1) is 18.3 Å². The summed E-state index contributed by atoms with van der Waals surface area (Å²) in [7, 11) is 1.75. The Hall–Kier alpha value is -1.53. The zero-order chi connectivity index (χ0) is 13.0. The molecule has 0 heterocycles. The van der Waals surface area contributed by atoms with Crippen LogP contribution in [-0.4, -0.2) is 19.3 Å². The molecular formula is C15H19NO2. The first-order valence-electron chi connectivity index (χ1n) is 6.43. The fourth-order valence-electron chi connectivity index (χ4n) is 2.42. The Morgan fingerprint density at radius 3 is 2.78 bits per heavy atom. The maximum atomic E-state index is 9.08. The molecule has 2 atom stereocenters. The molecule has 3 heteroatoms. The Labute approximate surface area is 108 Å². The third-order valence-corrected chi connectivity index (χ3v) is 3.46. The Balaban J connectivity index is 2.09. The van der Waals surface area contributed by atoms with Crippen LogP contribution in [0.1, 0.15) is 36.8 Å². The molecule has 0 saturated heterocycles. The van der Waals surface area contributed by atoms with Crippen molar-refractivity contribution in [1.82, 2.24) is 0 Å². The molecule has 0 spiro atoms. The van der Waals surface area contributed by atoms with Gasteiger partial charge in [-0.05, 0) is 43.9 Å². The maximum absolute atomic E-state index is 9.08. The molecule has 1 aromatic rings. The monoisotopic (exact) mass is 245 g/mol. The summed E-state index contributed by atoms with van der Waals surface area (Å²) in [5.41, 5.74) is 1.73. The first kappa shape index (κ1) is 12.9. The topological polar surface area (TPSA) is 42.2 Å². The van der Waals surface area contributed by atoms with Crippen molar-refractivity contribution in [2.75, 3.05) is 7.11 Å². The highest BCUT2D eigenvalue weighted by Crippen LogP contribution is 2.27. The predicted molar refractivity (Wildman–Crippen MR) is 69.6 cm³/mol. The summed E-state index contributed by atoms with van der Waals surface area (Å²) >= 11 is 0. The largest absolute Gasteiger partial charge is 0.489 e. The fourth-order valence-corrected chi connectivity index (χ4v) is 2.42. The second-order valence-corrected chi connectivity index (χ2v) is 4.88. The third-order valence-electron chi connectivity index (χ3n) is 3.46. The van der Waals surface area contributed by atoms with Crippen molar-refractivity contribution in [2.45, 2.75) is 44.8 Å². The van der Waals surface area contributed by atoms with E-state index in [0.717, 1.165) is 31.2 Å². The van der Waals surface area contributed by atoms with E-state index in [-0.39, 0.29) is 6.10 Å². The molecule has 96 valence electrons. The first-order chi connectivity index (χ1) is 8.72. The highest BCUT2D eigenvalue weighted by atomic mass is 16.5. The van der Waals surface area contributed by atoms with Crippen LogP contribution in [0.15, 0.2) is 18.2 Å². The molecule has 2 unspecified atom stereocenters. The smallest absolute Gasteiger partial charge is 0.137 e. The molecule has 2 rings (SSSR count). The van der Waals surface area contributed by atoms with Gasteiger partial charge in [0.05, 0.1) is 11.7 Å². The lowest BCUT2D eigenvalue weighted by atomic mass is 9.95. The van der Waals surface area contributed by atoms with Gasteiger partial charge < -0.3 is 9.47 Å². The summed E-state index contributed by atoms with van der Waals surface area (Å²) in [4.78, 5) is 0. The second kappa shape index (κ2) is 5.88. The van der Waals surface area contributed by atoms with Gasteiger partial charge in [0.25, 0.3) is 0 Å². The number of nitrogens with zero attached hydrogens (tertiary/aromatic N) is 1. The number of hydrogen-bond acceptors (Lipinski definition) is 3. The lowest BCUT2D eigenvalue weighted by Crippen LogP contribution is -2.29. The molecule has 1 saturated carbocycles. The molecule has 0 radical (unpaired) electrons. The SMILES string of the molecule is COC1CCCC(Oc2cc(C)ccc2C#N)C1. The van der Waals surface area contributed by atoms with Gasteiger partial charge >= 0.3 is 0 Å². The van der Waals surface area contributed by atoms with Gasteiger partial charge in [0, 0.05) is 13.5 Å². The number of rotatable bonds is 3. The second-order valence-electron chi connectivity index (χ2n) is 4.88. The van der Waals surface area contributed by atoms with Crippen molar-refractivity contribution in [3.05, 3.63) is 29.3 Å². The van der Waals surface area contributed by atoms with E-state index >= 15 is 0 Å². The molecule has 0 amide bonds. The minimum absolute atomic E-state index is 0.164. The van der Waals surface area contributed by atoms with Crippen LogP contribution in [0.25, 0.3) is 0 Å². The van der Waals surface area contributed by atoms with Gasteiger partial charge in [0.1, 0.15) is 17.9 Å². The fraction of sp³-hybridized carbons (Fsp3) is 0.533. The molecule has 1 aliphatic rings. The van der Waals surface area contributed by atoms with Gasteiger partial charge in [0.2, 0.25) is 0 Å². The van der Waals surface area contributed by atoms with Crippen LogP contribution < -0.4 is 4.74 Å². The number of hydrogen-bond donors (Lipinski definition) is 0. The summed E-state index contributed by atoms with van der Waals surface area (Å²) in [6.07, 6.45) is 4.64. The first-order valence-corrected chi connectivity index (χ1v) is 6.43. The van der Waals surface area contributed by atoms with Crippen LogP contribution in [0.3, 0.4) is 0 Å². The molecule has 1 fully saturated rings. The average molecular weight is 245 g/mol. The van der Waals surface area contributed by atoms with Gasteiger partial charge in [-0.1, -0.05) is 6.07 Å². The van der Waals surface area contributed by atoms with Gasteiger partial charge in [-0.15, -0.1) is 0 Å². The van der Waals surface area contributed by atoms with Crippen LogP contribution in [0.5, 0.6) is 5.75 Å². The lowest BCUT2D eigenvalue weighted by molar-refractivity contribution is 0.0208. The average Bonchev–Trinajstić information content (AvgIpc) is 2.39. The van der Waals surface area contributed by atoms with Crippen molar-refractivity contribution >= 4 is 0 Å². The van der Waals surface area contributed by atoms with E-state index in [2.05, 4.69) is 6.07 Å². The molecule has 1 aliphatic carbocycles. The quantitative estimate of drug-likeness (QED) is 0.821.